The van der Waals surface area contributed by atoms with Crippen molar-refractivity contribution in [3.63, 3.8) is 0 Å². The van der Waals surface area contributed by atoms with E-state index in [0.717, 1.165) is 6.29 Å². The van der Waals surface area contributed by atoms with E-state index in [1.165, 1.54) is 4.90 Å². The van der Waals surface area contributed by atoms with Gasteiger partial charge in [0.2, 0.25) is 0 Å². The van der Waals surface area contributed by atoms with Crippen LogP contribution in [-0.4, -0.2) is 28.9 Å². The molecule has 0 aliphatic carbocycles. The number of rotatable bonds is 4. The van der Waals surface area contributed by atoms with Gasteiger partial charge in [-0.25, -0.2) is 10.3 Å². The van der Waals surface area contributed by atoms with Crippen LogP contribution in [0.3, 0.4) is 0 Å². The Kier molecular flexibility index (Phi) is 5.09. The van der Waals surface area contributed by atoms with Crippen LogP contribution in [0.2, 0.25) is 0 Å². The fourth-order valence-electron chi connectivity index (χ4n) is 1.48. The highest BCUT2D eigenvalue weighted by molar-refractivity contribution is 5.75. The van der Waals surface area contributed by atoms with Gasteiger partial charge in [0.25, 0.3) is 0 Å². The Labute approximate surface area is 107 Å². The summed E-state index contributed by atoms with van der Waals surface area (Å²) >= 11 is 0. The molecule has 0 aromatic heterocycles. The zero-order chi connectivity index (χ0) is 13.6. The molecule has 1 heterocycles. The van der Waals surface area contributed by atoms with Crippen molar-refractivity contribution in [3.8, 4) is 0 Å². The van der Waals surface area contributed by atoms with Crippen molar-refractivity contribution in [1.29, 1.82) is 0 Å². The third kappa shape index (κ3) is 4.71. The van der Waals surface area contributed by atoms with Crippen LogP contribution in [0.5, 0.6) is 0 Å². The van der Waals surface area contributed by atoms with Gasteiger partial charge in [-0.1, -0.05) is 12.2 Å². The summed E-state index contributed by atoms with van der Waals surface area (Å²) in [6, 6.07) is -0.440. The molecule has 1 unspecified atom stereocenters. The minimum absolute atomic E-state index is 0.108. The Balaban J connectivity index is 2.56. The van der Waals surface area contributed by atoms with Gasteiger partial charge in [-0.15, -0.1) is 0 Å². The second-order valence-corrected chi connectivity index (χ2v) is 5.07. The topological polar surface area (TPSA) is 58.6 Å². The number of allylic oxidation sites excluding steroid dienone is 2. The second kappa shape index (κ2) is 6.35. The van der Waals surface area contributed by atoms with Gasteiger partial charge in [0.05, 0.1) is 11.6 Å². The van der Waals surface area contributed by atoms with E-state index >= 15 is 0 Å². The van der Waals surface area contributed by atoms with E-state index in [9.17, 15) is 9.59 Å². The van der Waals surface area contributed by atoms with Crippen molar-refractivity contribution in [1.82, 2.24) is 10.4 Å². The molecule has 0 radical (unpaired) electrons. The molecular formula is C13H20N2O3. The zero-order valence-corrected chi connectivity index (χ0v) is 11.1. The van der Waals surface area contributed by atoms with Crippen molar-refractivity contribution >= 4 is 12.3 Å². The first kappa shape index (κ1) is 14.4. The van der Waals surface area contributed by atoms with E-state index in [2.05, 4.69) is 5.48 Å². The first-order valence-electron chi connectivity index (χ1n) is 5.99. The summed E-state index contributed by atoms with van der Waals surface area (Å²) in [6.07, 6.45) is 9.09. The lowest BCUT2D eigenvalue weighted by atomic mass is 10.1. The van der Waals surface area contributed by atoms with Crippen LogP contribution in [0.4, 0.5) is 4.79 Å². The largest absolute Gasteiger partial charge is 0.345 e. The lowest BCUT2D eigenvalue weighted by Gasteiger charge is -2.29. The van der Waals surface area contributed by atoms with Crippen LogP contribution in [0.15, 0.2) is 24.4 Å². The SMILES string of the molecule is CC(C)(C)ONC(=O)N1C=CC=CC1CCC=O. The number of aldehydes is 1. The fourth-order valence-corrected chi connectivity index (χ4v) is 1.48. The van der Waals surface area contributed by atoms with Crippen molar-refractivity contribution in [3.05, 3.63) is 24.4 Å². The number of hydroxylamine groups is 1. The molecule has 0 bridgehead atoms. The number of nitrogens with zero attached hydrogens (tertiary/aromatic N) is 1. The molecule has 2 amide bonds. The normalized spacial score (nSPS) is 18.8. The Morgan fingerprint density at radius 2 is 2.17 bits per heavy atom. The maximum Gasteiger partial charge on any atom is 0.345 e. The monoisotopic (exact) mass is 252 g/mol. The smallest absolute Gasteiger partial charge is 0.303 e. The number of carbonyl (C=O) groups excluding carboxylic acids is 2. The van der Waals surface area contributed by atoms with Crippen LogP contribution in [0.1, 0.15) is 33.6 Å². The molecule has 18 heavy (non-hydrogen) atoms. The lowest BCUT2D eigenvalue weighted by molar-refractivity contribution is -0.108. The minimum Gasteiger partial charge on any atom is -0.303 e. The predicted octanol–water partition coefficient (Wildman–Crippen LogP) is 2.16. The van der Waals surface area contributed by atoms with Crippen molar-refractivity contribution in [2.75, 3.05) is 0 Å². The molecule has 0 fully saturated rings. The van der Waals surface area contributed by atoms with E-state index < -0.39 is 5.60 Å². The molecule has 1 aliphatic heterocycles. The van der Waals surface area contributed by atoms with Gasteiger partial charge in [-0.05, 0) is 33.3 Å². The number of carbonyl (C=O) groups is 2. The second-order valence-electron chi connectivity index (χ2n) is 5.07. The van der Waals surface area contributed by atoms with Crippen molar-refractivity contribution < 1.29 is 14.4 Å². The van der Waals surface area contributed by atoms with Gasteiger partial charge in [0.15, 0.2) is 0 Å². The summed E-state index contributed by atoms with van der Waals surface area (Å²) in [7, 11) is 0. The number of amides is 2. The van der Waals surface area contributed by atoms with Crippen LogP contribution >= 0.6 is 0 Å². The minimum atomic E-state index is -0.441. The van der Waals surface area contributed by atoms with E-state index in [1.54, 1.807) is 12.3 Å². The van der Waals surface area contributed by atoms with E-state index in [0.29, 0.717) is 12.8 Å². The standard InChI is InChI=1S/C13H20N2O3/c1-13(2,3)18-14-12(17)15-9-5-4-7-11(15)8-6-10-16/h4-5,7,9-11H,6,8H2,1-3H3,(H,14,17). The van der Waals surface area contributed by atoms with E-state index in [4.69, 9.17) is 4.84 Å². The first-order valence-corrected chi connectivity index (χ1v) is 5.99. The van der Waals surface area contributed by atoms with Crippen LogP contribution < -0.4 is 5.48 Å². The van der Waals surface area contributed by atoms with Gasteiger partial charge < -0.3 is 4.79 Å². The molecule has 0 saturated heterocycles. The first-order chi connectivity index (χ1) is 8.44. The molecule has 1 N–H and O–H groups in total. The molecule has 0 spiro atoms. The third-order valence-electron chi connectivity index (χ3n) is 2.31. The van der Waals surface area contributed by atoms with Crippen molar-refractivity contribution in [2.24, 2.45) is 0 Å². The van der Waals surface area contributed by atoms with E-state index in [-0.39, 0.29) is 12.1 Å². The quantitative estimate of drug-likeness (QED) is 0.616. The Morgan fingerprint density at radius 1 is 1.44 bits per heavy atom. The molecule has 1 rings (SSSR count). The van der Waals surface area contributed by atoms with E-state index in [1.807, 2.05) is 32.9 Å². The molecule has 0 saturated carbocycles. The Morgan fingerprint density at radius 3 is 2.78 bits per heavy atom. The number of urea groups is 1. The summed E-state index contributed by atoms with van der Waals surface area (Å²) in [6.45, 7) is 5.55. The van der Waals surface area contributed by atoms with Crippen LogP contribution in [0, 0.1) is 0 Å². The predicted molar refractivity (Wildman–Crippen MR) is 68.6 cm³/mol. The summed E-state index contributed by atoms with van der Waals surface area (Å²) in [5.41, 5.74) is 1.97. The molecular weight excluding hydrogens is 232 g/mol. The highest BCUT2D eigenvalue weighted by atomic mass is 16.7. The fraction of sp³-hybridized carbons (Fsp3) is 0.538. The summed E-state index contributed by atoms with van der Waals surface area (Å²) in [5.74, 6) is 0. The molecule has 1 aliphatic rings. The van der Waals surface area contributed by atoms with Gasteiger partial charge in [-0.3, -0.25) is 9.74 Å². The average Bonchev–Trinajstić information content (AvgIpc) is 2.33. The molecule has 0 aromatic rings. The highest BCUT2D eigenvalue weighted by Gasteiger charge is 2.22. The van der Waals surface area contributed by atoms with Gasteiger partial charge in [0, 0.05) is 12.6 Å². The molecule has 1 atom stereocenters. The number of hydrogen-bond acceptors (Lipinski definition) is 3. The average molecular weight is 252 g/mol. The third-order valence-corrected chi connectivity index (χ3v) is 2.31. The Hall–Kier alpha value is -1.62. The Bertz CT molecular complexity index is 356. The lowest BCUT2D eigenvalue weighted by Crippen LogP contribution is -2.45. The summed E-state index contributed by atoms with van der Waals surface area (Å²) in [5, 5.41) is 0. The molecule has 5 heteroatoms. The van der Waals surface area contributed by atoms with Gasteiger partial charge >= 0.3 is 6.03 Å². The van der Waals surface area contributed by atoms with Gasteiger partial charge in [0.1, 0.15) is 6.29 Å². The summed E-state index contributed by atoms with van der Waals surface area (Å²) < 4.78 is 0. The molecule has 100 valence electrons. The molecule has 0 aromatic carbocycles. The number of hydrogen-bond donors (Lipinski definition) is 1. The van der Waals surface area contributed by atoms with Crippen LogP contribution in [-0.2, 0) is 9.63 Å². The summed E-state index contributed by atoms with van der Waals surface area (Å²) in [4.78, 5) is 29.1. The molecule has 5 nitrogen and oxygen atoms in total. The van der Waals surface area contributed by atoms with Crippen LogP contribution in [0.25, 0.3) is 0 Å². The maximum atomic E-state index is 11.9. The maximum absolute atomic E-state index is 11.9. The van der Waals surface area contributed by atoms with Gasteiger partial charge in [-0.2, -0.15) is 0 Å². The number of nitrogens with one attached hydrogen (secondary N) is 1. The van der Waals surface area contributed by atoms with Crippen molar-refractivity contribution in [2.45, 2.75) is 45.3 Å². The zero-order valence-electron chi connectivity index (χ0n) is 11.1. The highest BCUT2D eigenvalue weighted by Crippen LogP contribution is 2.14.